The van der Waals surface area contributed by atoms with Gasteiger partial charge in [-0.3, -0.25) is 4.79 Å². The maximum atomic E-state index is 10.5. The fourth-order valence-corrected chi connectivity index (χ4v) is 1.55. The summed E-state index contributed by atoms with van der Waals surface area (Å²) in [4.78, 5) is 10.5. The van der Waals surface area contributed by atoms with Crippen molar-refractivity contribution < 1.29 is 4.79 Å². The molecule has 60 valence electrons. The highest BCUT2D eigenvalue weighted by atomic mass is 32.1. The van der Waals surface area contributed by atoms with Crippen LogP contribution in [0.1, 0.15) is 18.0 Å². The Labute approximate surface area is 69.0 Å². The standard InChI is InChI=1S/C7H10N2OS/c8-6(3-7(9)10)5-1-2-11-4-5/h1-2,4,6H,3,8H2,(H2,9,10)/t6-/m0/s1. The fraction of sp³-hybridized carbons (Fsp3) is 0.286. The third kappa shape index (κ3) is 2.32. The van der Waals surface area contributed by atoms with E-state index in [0.717, 1.165) is 5.56 Å². The first-order valence-corrected chi connectivity index (χ1v) is 4.20. The molecule has 1 aromatic rings. The summed E-state index contributed by atoms with van der Waals surface area (Å²) in [6.45, 7) is 0. The number of thiophene rings is 1. The Kier molecular flexibility index (Phi) is 2.62. The van der Waals surface area contributed by atoms with Gasteiger partial charge in [0.25, 0.3) is 0 Å². The van der Waals surface area contributed by atoms with E-state index in [1.165, 1.54) is 0 Å². The quantitative estimate of drug-likeness (QED) is 0.698. The molecule has 0 fully saturated rings. The Morgan fingerprint density at radius 1 is 1.73 bits per heavy atom. The molecule has 0 aromatic carbocycles. The highest BCUT2D eigenvalue weighted by Gasteiger charge is 2.08. The zero-order chi connectivity index (χ0) is 8.27. The van der Waals surface area contributed by atoms with E-state index >= 15 is 0 Å². The average Bonchev–Trinajstić information content (AvgIpc) is 2.35. The van der Waals surface area contributed by atoms with Gasteiger partial charge in [0.1, 0.15) is 0 Å². The van der Waals surface area contributed by atoms with Crippen LogP contribution in [-0.4, -0.2) is 5.91 Å². The van der Waals surface area contributed by atoms with Crippen molar-refractivity contribution in [3.05, 3.63) is 22.4 Å². The topological polar surface area (TPSA) is 69.1 Å². The van der Waals surface area contributed by atoms with E-state index < -0.39 is 0 Å². The van der Waals surface area contributed by atoms with Gasteiger partial charge in [-0.25, -0.2) is 0 Å². The Morgan fingerprint density at radius 2 is 2.45 bits per heavy atom. The van der Waals surface area contributed by atoms with Crippen molar-refractivity contribution in [1.82, 2.24) is 0 Å². The highest BCUT2D eigenvalue weighted by molar-refractivity contribution is 7.07. The lowest BCUT2D eigenvalue weighted by Gasteiger charge is -2.05. The molecular weight excluding hydrogens is 160 g/mol. The fourth-order valence-electron chi connectivity index (χ4n) is 0.821. The number of amides is 1. The van der Waals surface area contributed by atoms with Crippen molar-refractivity contribution in [2.75, 3.05) is 0 Å². The zero-order valence-electron chi connectivity index (χ0n) is 5.99. The number of rotatable bonds is 3. The summed E-state index contributed by atoms with van der Waals surface area (Å²) >= 11 is 1.56. The molecule has 0 saturated carbocycles. The molecule has 4 N–H and O–H groups in total. The molecule has 0 aliphatic rings. The lowest BCUT2D eigenvalue weighted by atomic mass is 10.1. The van der Waals surface area contributed by atoms with Gasteiger partial charge in [0.2, 0.25) is 5.91 Å². The molecule has 0 aliphatic heterocycles. The van der Waals surface area contributed by atoms with Gasteiger partial charge in [0, 0.05) is 12.5 Å². The van der Waals surface area contributed by atoms with Gasteiger partial charge in [-0.05, 0) is 22.4 Å². The van der Waals surface area contributed by atoms with E-state index in [1.807, 2.05) is 16.8 Å². The number of carbonyl (C=O) groups is 1. The zero-order valence-corrected chi connectivity index (χ0v) is 6.80. The Hall–Kier alpha value is -0.870. The number of carbonyl (C=O) groups excluding carboxylic acids is 1. The van der Waals surface area contributed by atoms with Crippen LogP contribution in [-0.2, 0) is 4.79 Å². The van der Waals surface area contributed by atoms with Crippen LogP contribution in [0.25, 0.3) is 0 Å². The highest BCUT2D eigenvalue weighted by Crippen LogP contribution is 2.16. The molecule has 1 heterocycles. The third-order valence-electron chi connectivity index (χ3n) is 1.39. The normalized spacial score (nSPS) is 12.8. The van der Waals surface area contributed by atoms with Crippen LogP contribution in [0.2, 0.25) is 0 Å². The summed E-state index contributed by atoms with van der Waals surface area (Å²) in [7, 11) is 0. The van der Waals surface area contributed by atoms with Crippen molar-refractivity contribution in [1.29, 1.82) is 0 Å². The van der Waals surface area contributed by atoms with Gasteiger partial charge in [-0.15, -0.1) is 0 Å². The maximum absolute atomic E-state index is 10.5. The molecule has 1 rings (SSSR count). The molecular formula is C7H10N2OS. The summed E-state index contributed by atoms with van der Waals surface area (Å²) in [6, 6.07) is 1.66. The molecule has 0 saturated heterocycles. The number of nitrogens with two attached hydrogens (primary N) is 2. The minimum Gasteiger partial charge on any atom is -0.370 e. The van der Waals surface area contributed by atoms with Crippen molar-refractivity contribution in [2.45, 2.75) is 12.5 Å². The van der Waals surface area contributed by atoms with Crippen LogP contribution in [0.15, 0.2) is 16.8 Å². The van der Waals surface area contributed by atoms with Crippen LogP contribution < -0.4 is 11.5 Å². The Morgan fingerprint density at radius 3 is 2.91 bits per heavy atom. The second kappa shape index (κ2) is 3.50. The third-order valence-corrected chi connectivity index (χ3v) is 2.09. The van der Waals surface area contributed by atoms with Crippen molar-refractivity contribution in [2.24, 2.45) is 11.5 Å². The lowest BCUT2D eigenvalue weighted by Crippen LogP contribution is -2.20. The summed E-state index contributed by atoms with van der Waals surface area (Å²) in [6.07, 6.45) is 0.219. The Balaban J connectivity index is 2.56. The van der Waals surface area contributed by atoms with Gasteiger partial charge in [0.15, 0.2) is 0 Å². The lowest BCUT2D eigenvalue weighted by molar-refractivity contribution is -0.118. The minimum atomic E-state index is -0.358. The Bertz CT molecular complexity index is 233. The SMILES string of the molecule is NC(=O)C[C@H](N)c1ccsc1. The summed E-state index contributed by atoms with van der Waals surface area (Å²) in [5, 5.41) is 3.85. The van der Waals surface area contributed by atoms with Gasteiger partial charge >= 0.3 is 0 Å². The van der Waals surface area contributed by atoms with Crippen molar-refractivity contribution in [3.63, 3.8) is 0 Å². The van der Waals surface area contributed by atoms with Crippen molar-refractivity contribution in [3.8, 4) is 0 Å². The monoisotopic (exact) mass is 170 g/mol. The van der Waals surface area contributed by atoms with Gasteiger partial charge < -0.3 is 11.5 Å². The average molecular weight is 170 g/mol. The molecule has 0 bridgehead atoms. The molecule has 1 atom stereocenters. The molecule has 3 nitrogen and oxygen atoms in total. The maximum Gasteiger partial charge on any atom is 0.219 e. The van der Waals surface area contributed by atoms with Crippen molar-refractivity contribution >= 4 is 17.2 Å². The molecule has 4 heteroatoms. The van der Waals surface area contributed by atoms with Crippen LogP contribution in [0.5, 0.6) is 0 Å². The van der Waals surface area contributed by atoms with Crippen LogP contribution in [0.4, 0.5) is 0 Å². The second-order valence-electron chi connectivity index (χ2n) is 2.33. The molecule has 1 amide bonds. The van der Waals surface area contributed by atoms with E-state index in [2.05, 4.69) is 0 Å². The number of primary amides is 1. The predicted octanol–water partition coefficient (Wildman–Crippen LogP) is 0.623. The molecule has 1 aromatic heterocycles. The molecule has 0 spiro atoms. The summed E-state index contributed by atoms with van der Waals surface area (Å²) in [5.41, 5.74) is 11.6. The van der Waals surface area contributed by atoms with Crippen LogP contribution >= 0.6 is 11.3 Å². The minimum absolute atomic E-state index is 0.219. The van der Waals surface area contributed by atoms with Gasteiger partial charge in [-0.1, -0.05) is 0 Å². The molecule has 0 unspecified atom stereocenters. The largest absolute Gasteiger partial charge is 0.370 e. The number of hydrogen-bond acceptors (Lipinski definition) is 3. The second-order valence-corrected chi connectivity index (χ2v) is 3.11. The van der Waals surface area contributed by atoms with E-state index in [-0.39, 0.29) is 18.4 Å². The molecule has 11 heavy (non-hydrogen) atoms. The molecule has 0 aliphatic carbocycles. The predicted molar refractivity (Wildman–Crippen MR) is 45.1 cm³/mol. The first-order valence-electron chi connectivity index (χ1n) is 3.26. The van der Waals surface area contributed by atoms with E-state index in [1.54, 1.807) is 11.3 Å². The molecule has 0 radical (unpaired) electrons. The summed E-state index contributed by atoms with van der Waals surface area (Å²) < 4.78 is 0. The van der Waals surface area contributed by atoms with E-state index in [0.29, 0.717) is 0 Å². The first-order chi connectivity index (χ1) is 5.20. The summed E-state index contributed by atoms with van der Waals surface area (Å²) in [5.74, 6) is -0.358. The first kappa shape index (κ1) is 8.23. The van der Waals surface area contributed by atoms with E-state index in [9.17, 15) is 4.79 Å². The smallest absolute Gasteiger partial charge is 0.219 e. The van der Waals surface area contributed by atoms with Gasteiger partial charge in [-0.2, -0.15) is 11.3 Å². The van der Waals surface area contributed by atoms with Crippen LogP contribution in [0.3, 0.4) is 0 Å². The number of hydrogen-bond donors (Lipinski definition) is 2. The van der Waals surface area contributed by atoms with Gasteiger partial charge in [0.05, 0.1) is 0 Å². The van der Waals surface area contributed by atoms with E-state index in [4.69, 9.17) is 11.5 Å². The van der Waals surface area contributed by atoms with Crippen LogP contribution in [0, 0.1) is 0 Å².